The standard InChI is InChI=1S/C17H22BrNO2/c18-8-11-21-10-3-9-19-17(20)16-14-7-6-12-4-1-2-5-13(12)15(14)16/h1-2,4-5,14-16H,3,6-11H2,(H,19,20). The van der Waals surface area contributed by atoms with Crippen LogP contribution >= 0.6 is 15.9 Å². The zero-order valence-electron chi connectivity index (χ0n) is 12.2. The van der Waals surface area contributed by atoms with E-state index in [0.29, 0.717) is 18.4 Å². The van der Waals surface area contributed by atoms with E-state index < -0.39 is 0 Å². The largest absolute Gasteiger partial charge is 0.381 e. The molecule has 1 saturated carbocycles. The molecule has 0 heterocycles. The number of rotatable bonds is 7. The van der Waals surface area contributed by atoms with Gasteiger partial charge in [-0.05, 0) is 42.2 Å². The molecule has 1 aromatic rings. The summed E-state index contributed by atoms with van der Waals surface area (Å²) in [5.41, 5.74) is 2.85. The number of benzene rings is 1. The second-order valence-electron chi connectivity index (χ2n) is 5.90. The Labute approximate surface area is 134 Å². The van der Waals surface area contributed by atoms with Crippen molar-refractivity contribution in [2.75, 3.05) is 25.1 Å². The number of halogens is 1. The van der Waals surface area contributed by atoms with Crippen molar-refractivity contribution < 1.29 is 9.53 Å². The van der Waals surface area contributed by atoms with Crippen LogP contribution in [0.4, 0.5) is 0 Å². The predicted octanol–water partition coefficient (Wildman–Crippen LogP) is 2.88. The zero-order chi connectivity index (χ0) is 14.7. The summed E-state index contributed by atoms with van der Waals surface area (Å²) in [6.07, 6.45) is 3.17. The van der Waals surface area contributed by atoms with Gasteiger partial charge in [0.2, 0.25) is 5.91 Å². The molecule has 0 aliphatic heterocycles. The average Bonchev–Trinajstić information content (AvgIpc) is 3.25. The first kappa shape index (κ1) is 15.0. The Bertz CT molecular complexity index is 505. The van der Waals surface area contributed by atoms with Crippen LogP contribution in [-0.4, -0.2) is 31.0 Å². The van der Waals surface area contributed by atoms with E-state index in [9.17, 15) is 4.79 Å². The van der Waals surface area contributed by atoms with Crippen LogP contribution < -0.4 is 5.32 Å². The van der Waals surface area contributed by atoms with E-state index in [1.54, 1.807) is 0 Å². The molecular weight excluding hydrogens is 330 g/mol. The molecule has 21 heavy (non-hydrogen) atoms. The second kappa shape index (κ2) is 6.93. The summed E-state index contributed by atoms with van der Waals surface area (Å²) in [5, 5.41) is 3.94. The van der Waals surface area contributed by atoms with E-state index in [4.69, 9.17) is 4.74 Å². The summed E-state index contributed by atoms with van der Waals surface area (Å²) in [5.74, 6) is 1.49. The van der Waals surface area contributed by atoms with E-state index in [0.717, 1.165) is 37.7 Å². The SMILES string of the molecule is O=C(NCCCOCCBr)C1C2CCc3ccccc3C21. The van der Waals surface area contributed by atoms with Crippen LogP contribution in [0.5, 0.6) is 0 Å². The number of carbonyl (C=O) groups is 1. The Morgan fingerprint density at radius 1 is 1.33 bits per heavy atom. The van der Waals surface area contributed by atoms with Crippen LogP contribution in [0.2, 0.25) is 0 Å². The van der Waals surface area contributed by atoms with E-state index in [1.165, 1.54) is 11.1 Å². The summed E-state index contributed by atoms with van der Waals surface area (Å²) in [7, 11) is 0. The Balaban J connectivity index is 1.46. The summed E-state index contributed by atoms with van der Waals surface area (Å²) in [6.45, 7) is 2.17. The summed E-state index contributed by atoms with van der Waals surface area (Å²) in [4.78, 5) is 12.3. The minimum absolute atomic E-state index is 0.206. The van der Waals surface area contributed by atoms with Crippen LogP contribution in [-0.2, 0) is 16.0 Å². The third-order valence-corrected chi connectivity index (χ3v) is 4.94. The van der Waals surface area contributed by atoms with Gasteiger partial charge in [-0.3, -0.25) is 4.79 Å². The number of nitrogens with one attached hydrogen (secondary N) is 1. The zero-order valence-corrected chi connectivity index (χ0v) is 13.8. The predicted molar refractivity (Wildman–Crippen MR) is 86.7 cm³/mol. The number of amides is 1. The molecule has 2 aliphatic carbocycles. The van der Waals surface area contributed by atoms with Crippen LogP contribution in [0.1, 0.15) is 29.9 Å². The Morgan fingerprint density at radius 2 is 2.19 bits per heavy atom. The van der Waals surface area contributed by atoms with Gasteiger partial charge < -0.3 is 10.1 Å². The minimum atomic E-state index is 0.206. The molecule has 1 amide bonds. The van der Waals surface area contributed by atoms with Crippen molar-refractivity contribution in [3.8, 4) is 0 Å². The van der Waals surface area contributed by atoms with Gasteiger partial charge in [-0.1, -0.05) is 40.2 Å². The highest BCUT2D eigenvalue weighted by Crippen LogP contribution is 2.59. The molecule has 4 heteroatoms. The van der Waals surface area contributed by atoms with Crippen molar-refractivity contribution in [1.82, 2.24) is 5.32 Å². The van der Waals surface area contributed by atoms with Gasteiger partial charge >= 0.3 is 0 Å². The molecule has 0 spiro atoms. The molecule has 3 unspecified atom stereocenters. The van der Waals surface area contributed by atoms with Crippen LogP contribution in [0, 0.1) is 11.8 Å². The fourth-order valence-corrected chi connectivity index (χ4v) is 3.81. The number of hydrogen-bond donors (Lipinski definition) is 1. The quantitative estimate of drug-likeness (QED) is 0.605. The maximum absolute atomic E-state index is 12.3. The first-order valence-corrected chi connectivity index (χ1v) is 8.94. The number of aryl methyl sites for hydroxylation is 1. The maximum Gasteiger partial charge on any atom is 0.224 e. The van der Waals surface area contributed by atoms with E-state index in [-0.39, 0.29) is 11.8 Å². The van der Waals surface area contributed by atoms with Crippen LogP contribution in [0.25, 0.3) is 0 Å². The molecule has 0 bridgehead atoms. The van der Waals surface area contributed by atoms with Crippen molar-refractivity contribution in [3.05, 3.63) is 35.4 Å². The summed E-state index contributed by atoms with van der Waals surface area (Å²) < 4.78 is 5.38. The monoisotopic (exact) mass is 351 g/mol. The lowest BCUT2D eigenvalue weighted by atomic mass is 9.92. The van der Waals surface area contributed by atoms with Crippen molar-refractivity contribution in [3.63, 3.8) is 0 Å². The molecule has 3 rings (SSSR count). The third kappa shape index (κ3) is 3.32. The Kier molecular flexibility index (Phi) is 4.96. The normalized spacial score (nSPS) is 25.9. The number of ether oxygens (including phenoxy) is 1. The van der Waals surface area contributed by atoms with E-state index in [1.807, 2.05) is 0 Å². The van der Waals surface area contributed by atoms with E-state index in [2.05, 4.69) is 45.5 Å². The molecule has 0 aromatic heterocycles. The van der Waals surface area contributed by atoms with Gasteiger partial charge in [0.25, 0.3) is 0 Å². The Morgan fingerprint density at radius 3 is 3.05 bits per heavy atom. The van der Waals surface area contributed by atoms with Crippen molar-refractivity contribution in [2.24, 2.45) is 11.8 Å². The minimum Gasteiger partial charge on any atom is -0.381 e. The van der Waals surface area contributed by atoms with Crippen molar-refractivity contribution >= 4 is 21.8 Å². The van der Waals surface area contributed by atoms with Gasteiger partial charge in [-0.2, -0.15) is 0 Å². The van der Waals surface area contributed by atoms with Crippen LogP contribution in [0.15, 0.2) is 24.3 Å². The van der Waals surface area contributed by atoms with Crippen molar-refractivity contribution in [2.45, 2.75) is 25.2 Å². The highest BCUT2D eigenvalue weighted by Gasteiger charge is 2.56. The molecule has 1 aromatic carbocycles. The average molecular weight is 352 g/mol. The van der Waals surface area contributed by atoms with Gasteiger partial charge in [0.15, 0.2) is 0 Å². The highest BCUT2D eigenvalue weighted by atomic mass is 79.9. The van der Waals surface area contributed by atoms with Gasteiger partial charge in [-0.25, -0.2) is 0 Å². The number of alkyl halides is 1. The molecule has 2 aliphatic rings. The lowest BCUT2D eigenvalue weighted by Gasteiger charge is -2.13. The molecule has 3 atom stereocenters. The molecule has 1 fully saturated rings. The van der Waals surface area contributed by atoms with Gasteiger partial charge in [-0.15, -0.1) is 0 Å². The fraction of sp³-hybridized carbons (Fsp3) is 0.588. The van der Waals surface area contributed by atoms with Gasteiger partial charge in [0.1, 0.15) is 0 Å². The molecule has 0 radical (unpaired) electrons. The van der Waals surface area contributed by atoms with Gasteiger partial charge in [0.05, 0.1) is 6.61 Å². The second-order valence-corrected chi connectivity index (χ2v) is 6.69. The Hall–Kier alpha value is -0.870. The molecule has 3 nitrogen and oxygen atoms in total. The molecule has 114 valence electrons. The number of fused-ring (bicyclic) bond motifs is 3. The van der Waals surface area contributed by atoms with E-state index >= 15 is 0 Å². The van der Waals surface area contributed by atoms with Crippen LogP contribution in [0.3, 0.4) is 0 Å². The lowest BCUT2D eigenvalue weighted by Crippen LogP contribution is -2.27. The summed E-state index contributed by atoms with van der Waals surface area (Å²) >= 11 is 3.32. The van der Waals surface area contributed by atoms with Gasteiger partial charge in [0, 0.05) is 24.4 Å². The smallest absolute Gasteiger partial charge is 0.224 e. The first-order chi connectivity index (χ1) is 10.3. The number of hydrogen-bond acceptors (Lipinski definition) is 2. The highest BCUT2D eigenvalue weighted by molar-refractivity contribution is 9.09. The third-order valence-electron chi connectivity index (χ3n) is 4.62. The maximum atomic E-state index is 12.3. The summed E-state index contributed by atoms with van der Waals surface area (Å²) in [6, 6.07) is 8.60. The lowest BCUT2D eigenvalue weighted by molar-refractivity contribution is -0.122. The molecular formula is C17H22BrNO2. The first-order valence-electron chi connectivity index (χ1n) is 7.82. The van der Waals surface area contributed by atoms with Crippen molar-refractivity contribution in [1.29, 1.82) is 0 Å². The molecule has 0 saturated heterocycles. The topological polar surface area (TPSA) is 38.3 Å². The molecule has 1 N–H and O–H groups in total. The fourth-order valence-electron chi connectivity index (χ4n) is 3.58. The number of carbonyl (C=O) groups excluding carboxylic acids is 1.